The minimum atomic E-state index is -0.283. The Bertz CT molecular complexity index is 1020. The highest BCUT2D eigenvalue weighted by atomic mass is 16.2. The van der Waals surface area contributed by atoms with E-state index in [4.69, 9.17) is 0 Å². The minimum Gasteiger partial charge on any atom is -0.288 e. The van der Waals surface area contributed by atoms with Crippen LogP contribution in [0.1, 0.15) is 117 Å². The van der Waals surface area contributed by atoms with E-state index in [2.05, 4.69) is 10.6 Å². The summed E-state index contributed by atoms with van der Waals surface area (Å²) in [5.74, 6) is -1.09. The Morgan fingerprint density at radius 2 is 0.794 bits per heavy atom. The molecule has 2 aliphatic rings. The molecule has 0 aliphatic carbocycles. The van der Waals surface area contributed by atoms with Gasteiger partial charge in [-0.05, 0) is 48.9 Å². The van der Waals surface area contributed by atoms with Crippen LogP contribution in [-0.4, -0.2) is 23.6 Å². The van der Waals surface area contributed by atoms with E-state index in [0.29, 0.717) is 22.3 Å². The molecular formula is C28H32N2O4. The summed E-state index contributed by atoms with van der Waals surface area (Å²) in [5, 5.41) is 4.76. The van der Waals surface area contributed by atoms with Gasteiger partial charge in [0.15, 0.2) is 0 Å². The molecule has 34 heavy (non-hydrogen) atoms. The number of fused-ring (bicyclic) bond motifs is 2. The molecule has 0 unspecified atom stereocenters. The van der Waals surface area contributed by atoms with Crippen LogP contribution < -0.4 is 10.6 Å². The number of carbonyl (C=O) groups excluding carboxylic acids is 4. The van der Waals surface area contributed by atoms with E-state index >= 15 is 0 Å². The Morgan fingerprint density at radius 3 is 1.18 bits per heavy atom. The Labute approximate surface area is 200 Å². The van der Waals surface area contributed by atoms with E-state index < -0.39 is 0 Å². The van der Waals surface area contributed by atoms with Gasteiger partial charge in [0, 0.05) is 0 Å². The smallest absolute Gasteiger partial charge is 0.259 e. The molecule has 6 nitrogen and oxygen atoms in total. The summed E-state index contributed by atoms with van der Waals surface area (Å²) in [4.78, 5) is 47.5. The van der Waals surface area contributed by atoms with E-state index in [1.165, 1.54) is 38.5 Å². The highest BCUT2D eigenvalue weighted by Crippen LogP contribution is 2.23. The third-order valence-corrected chi connectivity index (χ3v) is 6.84. The van der Waals surface area contributed by atoms with Gasteiger partial charge in [-0.15, -0.1) is 0 Å². The zero-order chi connectivity index (χ0) is 23.9. The quantitative estimate of drug-likeness (QED) is 0.320. The second-order valence-corrected chi connectivity index (χ2v) is 9.28. The molecule has 2 aromatic carbocycles. The Hall–Kier alpha value is -3.28. The maximum atomic E-state index is 12.0. The van der Waals surface area contributed by atoms with Gasteiger partial charge in [0.2, 0.25) is 0 Å². The van der Waals surface area contributed by atoms with Crippen molar-refractivity contribution in [3.05, 3.63) is 69.8 Å². The minimum absolute atomic E-state index is 0.260. The van der Waals surface area contributed by atoms with Gasteiger partial charge in [0.1, 0.15) is 0 Å². The first kappa shape index (κ1) is 23.9. The van der Waals surface area contributed by atoms with Crippen LogP contribution in [0.4, 0.5) is 0 Å². The zero-order valence-corrected chi connectivity index (χ0v) is 19.6. The predicted molar refractivity (Wildman–Crippen MR) is 130 cm³/mol. The molecule has 2 heterocycles. The van der Waals surface area contributed by atoms with Crippen LogP contribution in [-0.2, 0) is 12.8 Å². The SMILES string of the molecule is O=C1NC(=O)c2c(CCCCCCCCCCCCc3cccc4c3C(=O)NC4=O)cccc21. The average Bonchev–Trinajstić information content (AvgIpc) is 3.29. The molecule has 4 rings (SSSR count). The van der Waals surface area contributed by atoms with Crippen LogP contribution in [0, 0.1) is 0 Å². The van der Waals surface area contributed by atoms with Gasteiger partial charge in [0.25, 0.3) is 23.6 Å². The van der Waals surface area contributed by atoms with E-state index in [1.807, 2.05) is 24.3 Å². The van der Waals surface area contributed by atoms with Crippen molar-refractivity contribution in [1.82, 2.24) is 10.6 Å². The summed E-state index contributed by atoms with van der Waals surface area (Å²) in [6, 6.07) is 11.1. The molecule has 0 saturated carbocycles. The summed E-state index contributed by atoms with van der Waals surface area (Å²) >= 11 is 0. The maximum Gasteiger partial charge on any atom is 0.259 e. The molecule has 0 fully saturated rings. The Balaban J connectivity index is 1.03. The Kier molecular flexibility index (Phi) is 7.88. The second kappa shape index (κ2) is 11.2. The van der Waals surface area contributed by atoms with Crippen LogP contribution >= 0.6 is 0 Å². The average molecular weight is 461 g/mol. The predicted octanol–water partition coefficient (Wildman–Crippen LogP) is 5.14. The van der Waals surface area contributed by atoms with Crippen molar-refractivity contribution in [2.75, 3.05) is 0 Å². The van der Waals surface area contributed by atoms with Crippen molar-refractivity contribution in [3.63, 3.8) is 0 Å². The first-order valence-corrected chi connectivity index (χ1v) is 12.5. The molecule has 0 saturated heterocycles. The number of rotatable bonds is 13. The van der Waals surface area contributed by atoms with Gasteiger partial charge in [-0.3, -0.25) is 29.8 Å². The molecule has 0 atom stereocenters. The van der Waals surface area contributed by atoms with Crippen LogP contribution in [0.3, 0.4) is 0 Å². The molecule has 178 valence electrons. The van der Waals surface area contributed by atoms with Crippen molar-refractivity contribution in [1.29, 1.82) is 0 Å². The van der Waals surface area contributed by atoms with E-state index in [0.717, 1.165) is 49.7 Å². The zero-order valence-electron chi connectivity index (χ0n) is 19.6. The van der Waals surface area contributed by atoms with Crippen LogP contribution in [0.25, 0.3) is 0 Å². The molecule has 0 radical (unpaired) electrons. The number of amides is 4. The molecule has 2 aliphatic heterocycles. The van der Waals surface area contributed by atoms with Crippen molar-refractivity contribution < 1.29 is 19.2 Å². The number of unbranched alkanes of at least 4 members (excludes halogenated alkanes) is 9. The molecular weight excluding hydrogens is 428 g/mol. The molecule has 0 aromatic heterocycles. The lowest BCUT2D eigenvalue weighted by molar-refractivity contribution is 0.0862. The number of hydrogen-bond acceptors (Lipinski definition) is 4. The molecule has 0 spiro atoms. The fraction of sp³-hybridized carbons (Fsp3) is 0.429. The summed E-state index contributed by atoms with van der Waals surface area (Å²) < 4.78 is 0. The van der Waals surface area contributed by atoms with Crippen molar-refractivity contribution in [2.45, 2.75) is 77.0 Å². The van der Waals surface area contributed by atoms with Gasteiger partial charge >= 0.3 is 0 Å². The molecule has 2 aromatic rings. The van der Waals surface area contributed by atoms with E-state index in [-0.39, 0.29) is 23.6 Å². The van der Waals surface area contributed by atoms with E-state index in [1.54, 1.807) is 12.1 Å². The standard InChI is InChI=1S/C28H32N2O4/c31-25-21-17-11-15-19(23(21)27(33)29-25)13-9-7-5-3-1-2-4-6-8-10-14-20-16-12-18-22-24(20)28(34)30-26(22)32/h11-12,15-18H,1-10,13-14H2,(H,29,31,33)(H,30,32,34). The number of nitrogens with one attached hydrogen (secondary N) is 2. The van der Waals surface area contributed by atoms with E-state index in [9.17, 15) is 19.2 Å². The molecule has 4 amide bonds. The Morgan fingerprint density at radius 1 is 0.441 bits per heavy atom. The third kappa shape index (κ3) is 5.44. The monoisotopic (exact) mass is 460 g/mol. The normalized spacial score (nSPS) is 14.2. The van der Waals surface area contributed by atoms with Crippen LogP contribution in [0.15, 0.2) is 36.4 Å². The third-order valence-electron chi connectivity index (χ3n) is 6.84. The first-order valence-electron chi connectivity index (χ1n) is 12.5. The molecule has 6 heteroatoms. The summed E-state index contributed by atoms with van der Waals surface area (Å²) in [6.07, 6.45) is 13.3. The number of carbonyl (C=O) groups is 4. The molecule has 0 bridgehead atoms. The van der Waals surface area contributed by atoms with Crippen molar-refractivity contribution in [2.24, 2.45) is 0 Å². The van der Waals surface area contributed by atoms with Gasteiger partial charge in [-0.1, -0.05) is 75.6 Å². The van der Waals surface area contributed by atoms with Crippen molar-refractivity contribution in [3.8, 4) is 0 Å². The topological polar surface area (TPSA) is 92.3 Å². The highest BCUT2D eigenvalue weighted by molar-refractivity contribution is 6.22. The van der Waals surface area contributed by atoms with Crippen molar-refractivity contribution >= 4 is 23.6 Å². The van der Waals surface area contributed by atoms with Gasteiger partial charge in [-0.2, -0.15) is 0 Å². The fourth-order valence-corrected chi connectivity index (χ4v) is 5.04. The largest absolute Gasteiger partial charge is 0.288 e. The van der Waals surface area contributed by atoms with Gasteiger partial charge in [-0.25, -0.2) is 0 Å². The van der Waals surface area contributed by atoms with Crippen LogP contribution in [0.2, 0.25) is 0 Å². The maximum absolute atomic E-state index is 12.0. The summed E-state index contributed by atoms with van der Waals surface area (Å²) in [7, 11) is 0. The summed E-state index contributed by atoms with van der Waals surface area (Å²) in [6.45, 7) is 0. The number of hydrogen-bond donors (Lipinski definition) is 2. The van der Waals surface area contributed by atoms with Gasteiger partial charge in [0.05, 0.1) is 22.3 Å². The fourth-order valence-electron chi connectivity index (χ4n) is 5.04. The second-order valence-electron chi connectivity index (χ2n) is 9.28. The van der Waals surface area contributed by atoms with Gasteiger partial charge < -0.3 is 0 Å². The molecule has 2 N–H and O–H groups in total. The lowest BCUT2D eigenvalue weighted by Gasteiger charge is -2.07. The lowest BCUT2D eigenvalue weighted by Crippen LogP contribution is -2.20. The highest BCUT2D eigenvalue weighted by Gasteiger charge is 2.29. The lowest BCUT2D eigenvalue weighted by atomic mass is 9.97. The number of imide groups is 2. The number of benzene rings is 2. The number of aryl methyl sites for hydroxylation is 2. The van der Waals surface area contributed by atoms with Crippen LogP contribution in [0.5, 0.6) is 0 Å². The summed E-state index contributed by atoms with van der Waals surface area (Å²) in [5.41, 5.74) is 4.12. The first-order chi connectivity index (χ1) is 16.6.